The van der Waals surface area contributed by atoms with Crippen LogP contribution >= 0.6 is 11.6 Å². The van der Waals surface area contributed by atoms with Gasteiger partial charge in [-0.2, -0.15) is 0 Å². The lowest BCUT2D eigenvalue weighted by molar-refractivity contribution is 0.0342. The molecule has 1 aromatic carbocycles. The van der Waals surface area contributed by atoms with Gasteiger partial charge in [-0.05, 0) is 32.0 Å². The highest BCUT2D eigenvalue weighted by Crippen LogP contribution is 2.28. The molecule has 0 aromatic heterocycles. The number of rotatable bonds is 2. The number of nitrogens with zero attached hydrogens (tertiary/aromatic N) is 1. The minimum Gasteiger partial charge on any atom is -0.392 e. The molecule has 2 rings (SSSR count). The largest absolute Gasteiger partial charge is 0.392 e. The summed E-state index contributed by atoms with van der Waals surface area (Å²) in [7, 11) is 0. The molecule has 0 radical (unpaired) electrons. The zero-order valence-corrected chi connectivity index (χ0v) is 10.9. The number of ether oxygens (including phenoxy) is 1. The lowest BCUT2D eigenvalue weighted by atomic mass is 10.1. The molecule has 0 saturated carbocycles. The van der Waals surface area contributed by atoms with Crippen molar-refractivity contribution < 1.29 is 9.84 Å². The summed E-state index contributed by atoms with van der Waals surface area (Å²) in [5.41, 5.74) is 1.93. The number of hydrogen-bond acceptors (Lipinski definition) is 3. The van der Waals surface area contributed by atoms with Gasteiger partial charge in [0.1, 0.15) is 0 Å². The first-order chi connectivity index (χ1) is 8.11. The fraction of sp³-hybridized carbons (Fsp3) is 0.538. The molecule has 94 valence electrons. The first kappa shape index (κ1) is 12.7. The maximum absolute atomic E-state index is 9.41. The van der Waals surface area contributed by atoms with Crippen molar-refractivity contribution in [1.29, 1.82) is 0 Å². The summed E-state index contributed by atoms with van der Waals surface area (Å²) in [4.78, 5) is 2.27. The second kappa shape index (κ2) is 5.25. The molecule has 0 bridgehead atoms. The van der Waals surface area contributed by atoms with Crippen molar-refractivity contribution in [1.82, 2.24) is 0 Å². The molecule has 0 amide bonds. The molecule has 3 nitrogen and oxygen atoms in total. The van der Waals surface area contributed by atoms with Crippen LogP contribution in [0.25, 0.3) is 0 Å². The topological polar surface area (TPSA) is 32.7 Å². The second-order valence-corrected chi connectivity index (χ2v) is 5.01. The van der Waals surface area contributed by atoms with E-state index in [2.05, 4.69) is 18.7 Å². The van der Waals surface area contributed by atoms with Crippen LogP contribution in [0.4, 0.5) is 5.69 Å². The number of anilines is 1. The summed E-state index contributed by atoms with van der Waals surface area (Å²) in [5.74, 6) is 0. The summed E-state index contributed by atoms with van der Waals surface area (Å²) in [5, 5.41) is 10.1. The van der Waals surface area contributed by atoms with Gasteiger partial charge in [-0.3, -0.25) is 0 Å². The van der Waals surface area contributed by atoms with Crippen LogP contribution in [0.2, 0.25) is 5.02 Å². The van der Waals surface area contributed by atoms with Crippen LogP contribution in [0.15, 0.2) is 18.2 Å². The molecular formula is C13H18ClNO2. The smallest absolute Gasteiger partial charge is 0.0723 e. The molecule has 1 heterocycles. The summed E-state index contributed by atoms with van der Waals surface area (Å²) in [6.45, 7) is 5.76. The molecule has 1 N–H and O–H groups in total. The average Bonchev–Trinajstić information content (AvgIpc) is 2.32. The van der Waals surface area contributed by atoms with E-state index in [-0.39, 0.29) is 12.7 Å². The van der Waals surface area contributed by atoms with Gasteiger partial charge in [0.25, 0.3) is 0 Å². The van der Waals surface area contributed by atoms with Crippen LogP contribution in [-0.2, 0) is 11.3 Å². The van der Waals surface area contributed by atoms with Crippen LogP contribution in [0.5, 0.6) is 0 Å². The van der Waals surface area contributed by atoms with E-state index in [1.54, 1.807) is 0 Å². The highest BCUT2D eigenvalue weighted by Gasteiger charge is 2.25. The molecule has 2 unspecified atom stereocenters. The fourth-order valence-electron chi connectivity index (χ4n) is 2.20. The van der Waals surface area contributed by atoms with Gasteiger partial charge in [0.05, 0.1) is 19.3 Å². The van der Waals surface area contributed by atoms with Gasteiger partial charge in [0.15, 0.2) is 0 Å². The van der Waals surface area contributed by atoms with E-state index < -0.39 is 0 Å². The second-order valence-electron chi connectivity index (χ2n) is 4.58. The highest BCUT2D eigenvalue weighted by atomic mass is 35.5. The van der Waals surface area contributed by atoms with E-state index in [0.717, 1.165) is 17.8 Å². The third-order valence-electron chi connectivity index (χ3n) is 3.13. The molecule has 0 spiro atoms. The molecule has 1 aliphatic rings. The first-order valence-electron chi connectivity index (χ1n) is 5.89. The van der Waals surface area contributed by atoms with Crippen LogP contribution in [-0.4, -0.2) is 30.4 Å². The van der Waals surface area contributed by atoms with Crippen molar-refractivity contribution in [2.75, 3.05) is 18.1 Å². The Morgan fingerprint density at radius 3 is 2.94 bits per heavy atom. The molecule has 1 saturated heterocycles. The van der Waals surface area contributed by atoms with Crippen LogP contribution in [0, 0.1) is 0 Å². The van der Waals surface area contributed by atoms with Crippen LogP contribution in [0.1, 0.15) is 19.4 Å². The maximum atomic E-state index is 9.41. The molecule has 1 aromatic rings. The minimum atomic E-state index is 0.00829. The maximum Gasteiger partial charge on any atom is 0.0723 e. The number of aliphatic hydroxyl groups is 1. The van der Waals surface area contributed by atoms with Crippen LogP contribution < -0.4 is 4.90 Å². The zero-order chi connectivity index (χ0) is 12.4. The number of hydrogen-bond donors (Lipinski definition) is 1. The van der Waals surface area contributed by atoms with Gasteiger partial charge in [0.2, 0.25) is 0 Å². The Kier molecular flexibility index (Phi) is 3.92. The zero-order valence-electron chi connectivity index (χ0n) is 10.2. The SMILES string of the molecule is CC1CN(c2ccc(Cl)cc2CO)C(C)CO1. The molecule has 1 aliphatic heterocycles. The first-order valence-corrected chi connectivity index (χ1v) is 6.27. The van der Waals surface area contributed by atoms with E-state index in [4.69, 9.17) is 16.3 Å². The molecule has 17 heavy (non-hydrogen) atoms. The molecule has 0 aliphatic carbocycles. The summed E-state index contributed by atoms with van der Waals surface area (Å²) in [6.07, 6.45) is 0.216. The monoisotopic (exact) mass is 255 g/mol. The lowest BCUT2D eigenvalue weighted by Crippen LogP contribution is -2.47. The van der Waals surface area contributed by atoms with E-state index in [0.29, 0.717) is 17.7 Å². The molecule has 1 fully saturated rings. The predicted octanol–water partition coefficient (Wildman–Crippen LogP) is 2.45. The standard InChI is InChI=1S/C13H18ClNO2/c1-9-8-17-10(2)6-15(9)13-4-3-12(14)5-11(13)7-16/h3-5,9-10,16H,6-8H2,1-2H3. The summed E-state index contributed by atoms with van der Waals surface area (Å²) in [6, 6.07) is 5.98. The van der Waals surface area contributed by atoms with Gasteiger partial charge >= 0.3 is 0 Å². The van der Waals surface area contributed by atoms with Crippen molar-refractivity contribution in [2.24, 2.45) is 0 Å². The normalized spacial score (nSPS) is 25.1. The van der Waals surface area contributed by atoms with Gasteiger partial charge in [-0.1, -0.05) is 11.6 Å². The third-order valence-corrected chi connectivity index (χ3v) is 3.36. The Morgan fingerprint density at radius 2 is 2.24 bits per heavy atom. The van der Waals surface area contributed by atoms with Crippen molar-refractivity contribution in [3.8, 4) is 0 Å². The van der Waals surface area contributed by atoms with E-state index in [1.165, 1.54) is 0 Å². The Balaban J connectivity index is 2.31. The number of benzene rings is 1. The number of halogens is 1. The van der Waals surface area contributed by atoms with E-state index in [1.807, 2.05) is 18.2 Å². The van der Waals surface area contributed by atoms with Crippen molar-refractivity contribution in [3.05, 3.63) is 28.8 Å². The van der Waals surface area contributed by atoms with Crippen molar-refractivity contribution in [2.45, 2.75) is 32.6 Å². The van der Waals surface area contributed by atoms with E-state index in [9.17, 15) is 5.11 Å². The minimum absolute atomic E-state index is 0.00829. The third kappa shape index (κ3) is 2.73. The Hall–Kier alpha value is -0.770. The average molecular weight is 256 g/mol. The van der Waals surface area contributed by atoms with E-state index >= 15 is 0 Å². The molecule has 4 heteroatoms. The van der Waals surface area contributed by atoms with Gasteiger partial charge in [-0.15, -0.1) is 0 Å². The lowest BCUT2D eigenvalue weighted by Gasteiger charge is -2.39. The summed E-state index contributed by atoms with van der Waals surface area (Å²) < 4.78 is 5.61. The number of aliphatic hydroxyl groups excluding tert-OH is 1. The fourth-order valence-corrected chi connectivity index (χ4v) is 2.39. The number of morpholine rings is 1. The van der Waals surface area contributed by atoms with Crippen molar-refractivity contribution >= 4 is 17.3 Å². The van der Waals surface area contributed by atoms with Gasteiger partial charge in [0, 0.05) is 28.9 Å². The van der Waals surface area contributed by atoms with Gasteiger partial charge in [-0.25, -0.2) is 0 Å². The Bertz CT molecular complexity index is 397. The summed E-state index contributed by atoms with van der Waals surface area (Å²) >= 11 is 5.95. The molecular weight excluding hydrogens is 238 g/mol. The highest BCUT2D eigenvalue weighted by molar-refractivity contribution is 6.30. The van der Waals surface area contributed by atoms with Crippen LogP contribution in [0.3, 0.4) is 0 Å². The van der Waals surface area contributed by atoms with Crippen molar-refractivity contribution in [3.63, 3.8) is 0 Å². The Morgan fingerprint density at radius 1 is 1.47 bits per heavy atom. The predicted molar refractivity (Wildman–Crippen MR) is 69.6 cm³/mol. The Labute approximate surface area is 107 Å². The van der Waals surface area contributed by atoms with Gasteiger partial charge < -0.3 is 14.7 Å². The quantitative estimate of drug-likeness (QED) is 0.881. The molecule has 2 atom stereocenters.